The molecule has 0 spiro atoms. The summed E-state index contributed by atoms with van der Waals surface area (Å²) >= 11 is 1.41. The molecule has 2 aromatic rings. The number of anilines is 1. The Bertz CT molecular complexity index is 640. The fourth-order valence-electron chi connectivity index (χ4n) is 1.85. The summed E-state index contributed by atoms with van der Waals surface area (Å²) in [6.07, 6.45) is 0. The summed E-state index contributed by atoms with van der Waals surface area (Å²) in [6.45, 7) is 3.95. The van der Waals surface area contributed by atoms with Crippen molar-refractivity contribution in [3.63, 3.8) is 0 Å². The second kappa shape index (κ2) is 6.69. The van der Waals surface area contributed by atoms with Crippen LogP contribution in [0.3, 0.4) is 0 Å². The number of aromatic nitrogens is 1. The van der Waals surface area contributed by atoms with Gasteiger partial charge in [0, 0.05) is 11.4 Å². The molecule has 0 fully saturated rings. The predicted molar refractivity (Wildman–Crippen MR) is 85.3 cm³/mol. The summed E-state index contributed by atoms with van der Waals surface area (Å²) in [5.41, 5.74) is 2.43. The van der Waals surface area contributed by atoms with Gasteiger partial charge in [-0.15, -0.1) is 11.3 Å². The van der Waals surface area contributed by atoms with E-state index in [2.05, 4.69) is 15.6 Å². The second-order valence-corrected chi connectivity index (χ2v) is 5.60. The van der Waals surface area contributed by atoms with Crippen LogP contribution in [-0.4, -0.2) is 25.0 Å². The molecule has 112 valence electrons. The Hall–Kier alpha value is -1.92. The number of nitrogens with one attached hydrogen (secondary N) is 2. The molecule has 0 aliphatic heterocycles. The zero-order chi connectivity index (χ0) is 15.4. The first-order valence-corrected chi connectivity index (χ1v) is 7.51. The van der Waals surface area contributed by atoms with Crippen molar-refractivity contribution in [2.45, 2.75) is 19.9 Å². The van der Waals surface area contributed by atoms with Crippen molar-refractivity contribution in [3.8, 4) is 5.75 Å². The Balaban J connectivity index is 2.18. The largest absolute Gasteiger partial charge is 0.496 e. The third-order valence-corrected chi connectivity index (χ3v) is 3.99. The molecule has 1 heterocycles. The van der Waals surface area contributed by atoms with Crippen molar-refractivity contribution in [2.24, 2.45) is 0 Å². The highest BCUT2D eigenvalue weighted by atomic mass is 32.1. The number of thiazole rings is 1. The first kappa shape index (κ1) is 15.5. The summed E-state index contributed by atoms with van der Waals surface area (Å²) in [5.74, 6) is 0.340. The lowest BCUT2D eigenvalue weighted by atomic mass is 10.1. The second-order valence-electron chi connectivity index (χ2n) is 4.75. The van der Waals surface area contributed by atoms with Crippen molar-refractivity contribution in [1.82, 2.24) is 10.3 Å². The van der Waals surface area contributed by atoms with Gasteiger partial charge < -0.3 is 10.1 Å². The predicted octanol–water partition coefficient (Wildman–Crippen LogP) is 2.99. The van der Waals surface area contributed by atoms with Crippen molar-refractivity contribution >= 4 is 22.4 Å². The van der Waals surface area contributed by atoms with Crippen LogP contribution >= 0.6 is 11.3 Å². The fraction of sp³-hybridized carbons (Fsp3) is 0.333. The molecule has 0 aliphatic rings. The lowest BCUT2D eigenvalue weighted by Gasteiger charge is -2.09. The smallest absolute Gasteiger partial charge is 0.261 e. The average Bonchev–Trinajstić information content (AvgIpc) is 2.94. The highest BCUT2D eigenvalue weighted by molar-refractivity contribution is 7.14. The third kappa shape index (κ3) is 3.59. The van der Waals surface area contributed by atoms with E-state index in [1.54, 1.807) is 19.2 Å². The Labute approximate surface area is 128 Å². The van der Waals surface area contributed by atoms with Gasteiger partial charge >= 0.3 is 0 Å². The van der Waals surface area contributed by atoms with Gasteiger partial charge in [0.05, 0.1) is 18.4 Å². The molecule has 1 amide bonds. The number of nitrogens with zero attached hydrogens (tertiary/aromatic N) is 1. The number of carbonyl (C=O) groups excluding carboxylic acids is 1. The third-order valence-electron chi connectivity index (χ3n) is 3.22. The zero-order valence-electron chi connectivity index (χ0n) is 12.6. The summed E-state index contributed by atoms with van der Waals surface area (Å²) in [4.78, 5) is 16.8. The fourth-order valence-corrected chi connectivity index (χ4v) is 2.65. The van der Waals surface area contributed by atoms with E-state index in [1.807, 2.05) is 32.3 Å². The van der Waals surface area contributed by atoms with Gasteiger partial charge in [-0.2, -0.15) is 0 Å². The van der Waals surface area contributed by atoms with Gasteiger partial charge in [-0.05, 0) is 33.0 Å². The number of methoxy groups -OCH3 is 1. The average molecular weight is 305 g/mol. The molecule has 5 nitrogen and oxygen atoms in total. The monoisotopic (exact) mass is 305 g/mol. The molecular formula is C15H19N3O2S. The molecule has 2 N–H and O–H groups in total. The van der Waals surface area contributed by atoms with Gasteiger partial charge in [0.1, 0.15) is 5.75 Å². The Morgan fingerprint density at radius 3 is 2.86 bits per heavy atom. The SMILES string of the molecule is CNC(C)c1csc(NC(=O)c2cc(C)ccc2OC)n1. The quantitative estimate of drug-likeness (QED) is 0.891. The van der Waals surface area contributed by atoms with E-state index in [-0.39, 0.29) is 11.9 Å². The summed E-state index contributed by atoms with van der Waals surface area (Å²) in [6, 6.07) is 5.66. The van der Waals surface area contributed by atoms with Gasteiger partial charge in [0.2, 0.25) is 0 Å². The first-order valence-electron chi connectivity index (χ1n) is 6.63. The minimum absolute atomic E-state index is 0.153. The Morgan fingerprint density at radius 1 is 1.43 bits per heavy atom. The van der Waals surface area contributed by atoms with Crippen LogP contribution in [0.1, 0.15) is 34.6 Å². The van der Waals surface area contributed by atoms with Gasteiger partial charge in [-0.3, -0.25) is 10.1 Å². The molecule has 6 heteroatoms. The van der Waals surface area contributed by atoms with Crippen LogP contribution in [0.4, 0.5) is 5.13 Å². The normalized spacial score (nSPS) is 12.0. The van der Waals surface area contributed by atoms with Crippen LogP contribution in [0.15, 0.2) is 23.6 Å². The number of hydrogen-bond donors (Lipinski definition) is 2. The Morgan fingerprint density at radius 2 is 2.19 bits per heavy atom. The van der Waals surface area contributed by atoms with Gasteiger partial charge in [0.15, 0.2) is 5.13 Å². The summed E-state index contributed by atoms with van der Waals surface area (Å²) < 4.78 is 5.23. The standard InChI is InChI=1S/C15H19N3O2S/c1-9-5-6-13(20-4)11(7-9)14(19)18-15-17-12(8-21-15)10(2)16-3/h5-8,10,16H,1-4H3,(H,17,18,19). The molecule has 1 atom stereocenters. The maximum Gasteiger partial charge on any atom is 0.261 e. The molecule has 0 saturated heterocycles. The first-order chi connectivity index (χ1) is 10.0. The summed E-state index contributed by atoms with van der Waals surface area (Å²) in [5, 5.41) is 8.46. The van der Waals surface area contributed by atoms with Crippen LogP contribution in [0, 0.1) is 6.92 Å². The van der Waals surface area contributed by atoms with Crippen LogP contribution < -0.4 is 15.4 Å². The topological polar surface area (TPSA) is 63.2 Å². The van der Waals surface area contributed by atoms with Crippen LogP contribution in [0.5, 0.6) is 5.75 Å². The van der Waals surface area contributed by atoms with Crippen LogP contribution in [0.2, 0.25) is 0 Å². The summed E-state index contributed by atoms with van der Waals surface area (Å²) in [7, 11) is 3.43. The maximum atomic E-state index is 12.4. The Kier molecular flexibility index (Phi) is 4.93. The number of hydrogen-bond acceptors (Lipinski definition) is 5. The van der Waals surface area contributed by atoms with E-state index in [0.29, 0.717) is 16.4 Å². The number of carbonyl (C=O) groups is 1. The van der Waals surface area contributed by atoms with Crippen molar-refractivity contribution < 1.29 is 9.53 Å². The molecule has 1 aromatic carbocycles. The van der Waals surface area contributed by atoms with Crippen molar-refractivity contribution in [3.05, 3.63) is 40.4 Å². The lowest BCUT2D eigenvalue weighted by molar-refractivity contribution is 0.102. The molecule has 0 bridgehead atoms. The van der Waals surface area contributed by atoms with Gasteiger partial charge in [0.25, 0.3) is 5.91 Å². The van der Waals surface area contributed by atoms with Gasteiger partial charge in [-0.1, -0.05) is 11.6 Å². The molecule has 0 saturated carbocycles. The van der Waals surface area contributed by atoms with Gasteiger partial charge in [-0.25, -0.2) is 4.98 Å². The number of rotatable bonds is 5. The van der Waals surface area contributed by atoms with Crippen LogP contribution in [-0.2, 0) is 0 Å². The molecule has 1 aromatic heterocycles. The maximum absolute atomic E-state index is 12.4. The van der Waals surface area contributed by atoms with E-state index in [9.17, 15) is 4.79 Å². The van der Waals surface area contributed by atoms with Crippen molar-refractivity contribution in [2.75, 3.05) is 19.5 Å². The van der Waals surface area contributed by atoms with Crippen molar-refractivity contribution in [1.29, 1.82) is 0 Å². The minimum atomic E-state index is -0.214. The highest BCUT2D eigenvalue weighted by Gasteiger charge is 2.15. The van der Waals surface area contributed by atoms with E-state index < -0.39 is 0 Å². The molecule has 0 radical (unpaired) electrons. The molecular weight excluding hydrogens is 286 g/mol. The number of amides is 1. The molecule has 2 rings (SSSR count). The molecule has 0 aliphatic carbocycles. The molecule has 1 unspecified atom stereocenters. The van der Waals surface area contributed by atoms with E-state index in [0.717, 1.165) is 11.3 Å². The van der Waals surface area contributed by atoms with E-state index in [4.69, 9.17) is 4.74 Å². The number of aryl methyl sites for hydroxylation is 1. The van der Waals surface area contributed by atoms with E-state index >= 15 is 0 Å². The number of ether oxygens (including phenoxy) is 1. The highest BCUT2D eigenvalue weighted by Crippen LogP contribution is 2.24. The zero-order valence-corrected chi connectivity index (χ0v) is 13.4. The van der Waals surface area contributed by atoms with Crippen LogP contribution in [0.25, 0.3) is 0 Å². The number of benzene rings is 1. The van der Waals surface area contributed by atoms with E-state index in [1.165, 1.54) is 11.3 Å². The lowest BCUT2D eigenvalue weighted by Crippen LogP contribution is -2.15. The molecule has 21 heavy (non-hydrogen) atoms. The minimum Gasteiger partial charge on any atom is -0.496 e.